The van der Waals surface area contributed by atoms with Gasteiger partial charge in [-0.2, -0.15) is 0 Å². The first-order chi connectivity index (χ1) is 17.7. The van der Waals surface area contributed by atoms with Crippen molar-refractivity contribution in [1.82, 2.24) is 14.8 Å². The van der Waals surface area contributed by atoms with Crippen LogP contribution in [0.4, 0.5) is 10.1 Å². The molecule has 2 aromatic carbocycles. The molecule has 1 fully saturated rings. The van der Waals surface area contributed by atoms with Crippen LogP contribution in [-0.2, 0) is 0 Å². The molecule has 3 aromatic rings. The van der Waals surface area contributed by atoms with E-state index in [0.717, 1.165) is 62.3 Å². The number of benzene rings is 2. The molecule has 0 spiro atoms. The number of methoxy groups -OCH3 is 1. The SMILES string of the molecule is COc1ccccc1N1CCN(CCCCCCN2CC=C(c3c[nH]c4cc(F)ccc34)CC2)CC1. The zero-order valence-corrected chi connectivity index (χ0v) is 21.5. The molecule has 0 aliphatic carbocycles. The smallest absolute Gasteiger partial charge is 0.142 e. The van der Waals surface area contributed by atoms with Crippen LogP contribution in [0.25, 0.3) is 16.5 Å². The Balaban J connectivity index is 0.966. The molecule has 2 aliphatic heterocycles. The zero-order valence-electron chi connectivity index (χ0n) is 21.5. The van der Waals surface area contributed by atoms with Crippen LogP contribution in [0.3, 0.4) is 0 Å². The normalized spacial score (nSPS) is 17.5. The number of piperazine rings is 1. The fraction of sp³-hybridized carbons (Fsp3) is 0.467. The second-order valence-corrected chi connectivity index (χ2v) is 10.1. The summed E-state index contributed by atoms with van der Waals surface area (Å²) in [6.45, 7) is 8.92. The predicted octanol–water partition coefficient (Wildman–Crippen LogP) is 5.79. The number of rotatable bonds is 10. The first-order valence-corrected chi connectivity index (χ1v) is 13.5. The van der Waals surface area contributed by atoms with E-state index in [2.05, 4.69) is 37.9 Å². The van der Waals surface area contributed by atoms with Crippen molar-refractivity contribution in [2.75, 3.05) is 64.4 Å². The Morgan fingerprint density at radius 2 is 1.67 bits per heavy atom. The maximum Gasteiger partial charge on any atom is 0.142 e. The summed E-state index contributed by atoms with van der Waals surface area (Å²) in [4.78, 5) is 10.9. The van der Waals surface area contributed by atoms with Crippen LogP contribution in [0.1, 0.15) is 37.7 Å². The Morgan fingerprint density at radius 3 is 2.42 bits per heavy atom. The highest BCUT2D eigenvalue weighted by Gasteiger charge is 2.19. The van der Waals surface area contributed by atoms with Crippen molar-refractivity contribution >= 4 is 22.2 Å². The van der Waals surface area contributed by atoms with Crippen molar-refractivity contribution in [3.05, 3.63) is 66.1 Å². The summed E-state index contributed by atoms with van der Waals surface area (Å²) in [6.07, 6.45) is 10.6. The number of nitrogens with zero attached hydrogens (tertiary/aromatic N) is 3. The first-order valence-electron chi connectivity index (χ1n) is 13.5. The van der Waals surface area contributed by atoms with Crippen molar-refractivity contribution < 1.29 is 9.13 Å². The summed E-state index contributed by atoms with van der Waals surface area (Å²) in [5.74, 6) is 0.785. The predicted molar refractivity (Wildman–Crippen MR) is 147 cm³/mol. The lowest BCUT2D eigenvalue weighted by Crippen LogP contribution is -2.46. The molecule has 0 radical (unpaired) electrons. The number of aromatic amines is 1. The number of fused-ring (bicyclic) bond motifs is 1. The van der Waals surface area contributed by atoms with Gasteiger partial charge in [0.1, 0.15) is 11.6 Å². The van der Waals surface area contributed by atoms with E-state index in [1.54, 1.807) is 19.2 Å². The minimum absolute atomic E-state index is 0.189. The number of para-hydroxylation sites is 2. The maximum atomic E-state index is 13.5. The Labute approximate surface area is 214 Å². The molecule has 36 heavy (non-hydrogen) atoms. The van der Waals surface area contributed by atoms with Crippen LogP contribution in [0.15, 0.2) is 54.7 Å². The lowest BCUT2D eigenvalue weighted by molar-refractivity contribution is 0.249. The third kappa shape index (κ3) is 5.93. The minimum Gasteiger partial charge on any atom is -0.495 e. The molecule has 6 heteroatoms. The van der Waals surface area contributed by atoms with Gasteiger partial charge >= 0.3 is 0 Å². The van der Waals surface area contributed by atoms with Crippen LogP contribution < -0.4 is 9.64 Å². The number of aromatic nitrogens is 1. The van der Waals surface area contributed by atoms with Gasteiger partial charge < -0.3 is 14.6 Å². The fourth-order valence-electron chi connectivity index (χ4n) is 5.65. The number of anilines is 1. The van der Waals surface area contributed by atoms with Gasteiger partial charge in [0.15, 0.2) is 0 Å². The number of hydrogen-bond acceptors (Lipinski definition) is 4. The highest BCUT2D eigenvalue weighted by molar-refractivity contribution is 5.92. The molecule has 1 saturated heterocycles. The molecule has 5 rings (SSSR count). The van der Waals surface area contributed by atoms with E-state index >= 15 is 0 Å². The van der Waals surface area contributed by atoms with Crippen LogP contribution >= 0.6 is 0 Å². The van der Waals surface area contributed by atoms with Crippen molar-refractivity contribution in [2.45, 2.75) is 32.1 Å². The Morgan fingerprint density at radius 1 is 0.889 bits per heavy atom. The summed E-state index contributed by atoms with van der Waals surface area (Å²) < 4.78 is 19.0. The maximum absolute atomic E-state index is 13.5. The van der Waals surface area contributed by atoms with E-state index in [0.29, 0.717) is 0 Å². The summed E-state index contributed by atoms with van der Waals surface area (Å²) >= 11 is 0. The quantitative estimate of drug-likeness (QED) is 0.365. The van der Waals surface area contributed by atoms with Crippen molar-refractivity contribution in [1.29, 1.82) is 0 Å². The van der Waals surface area contributed by atoms with Gasteiger partial charge in [0.2, 0.25) is 0 Å². The molecule has 5 nitrogen and oxygen atoms in total. The molecule has 1 N–H and O–H groups in total. The van der Waals surface area contributed by atoms with Crippen LogP contribution in [-0.4, -0.2) is 74.3 Å². The molecule has 0 saturated carbocycles. The lowest BCUT2D eigenvalue weighted by atomic mass is 9.98. The molecule has 0 atom stereocenters. The molecule has 0 bridgehead atoms. The molecule has 192 valence electrons. The number of nitrogens with one attached hydrogen (secondary N) is 1. The first kappa shape index (κ1) is 24.8. The van der Waals surface area contributed by atoms with Crippen LogP contribution in [0, 0.1) is 5.82 Å². The molecular weight excluding hydrogens is 451 g/mol. The van der Waals surface area contributed by atoms with Gasteiger partial charge in [-0.15, -0.1) is 0 Å². The average Bonchev–Trinajstić information content (AvgIpc) is 3.34. The zero-order chi connectivity index (χ0) is 24.7. The minimum atomic E-state index is -0.189. The average molecular weight is 491 g/mol. The topological polar surface area (TPSA) is 34.7 Å². The van der Waals surface area contributed by atoms with Crippen LogP contribution in [0.2, 0.25) is 0 Å². The lowest BCUT2D eigenvalue weighted by Gasteiger charge is -2.36. The second kappa shape index (κ2) is 11.9. The Hall–Kier alpha value is -2.83. The highest BCUT2D eigenvalue weighted by Crippen LogP contribution is 2.30. The van der Waals surface area contributed by atoms with E-state index in [9.17, 15) is 4.39 Å². The molecule has 2 aliphatic rings. The van der Waals surface area contributed by atoms with Gasteiger partial charge in [-0.05, 0) is 68.3 Å². The molecule has 0 unspecified atom stereocenters. The third-order valence-corrected chi connectivity index (χ3v) is 7.78. The Bertz CT molecular complexity index is 1160. The van der Waals surface area contributed by atoms with Crippen LogP contribution in [0.5, 0.6) is 5.75 Å². The summed E-state index contributed by atoms with van der Waals surface area (Å²) in [6, 6.07) is 13.4. The van der Waals surface area contributed by atoms with Gasteiger partial charge in [-0.3, -0.25) is 9.80 Å². The monoisotopic (exact) mass is 490 g/mol. The van der Waals surface area contributed by atoms with Crippen molar-refractivity contribution in [3.8, 4) is 5.75 Å². The largest absolute Gasteiger partial charge is 0.495 e. The number of ether oxygens (including phenoxy) is 1. The summed E-state index contributed by atoms with van der Waals surface area (Å²) in [7, 11) is 1.75. The Kier molecular flexibility index (Phi) is 8.24. The number of unbranched alkanes of at least 4 members (excludes halogenated alkanes) is 3. The van der Waals surface area contributed by atoms with Gasteiger partial charge in [-0.25, -0.2) is 4.39 Å². The summed E-state index contributed by atoms with van der Waals surface area (Å²) in [5, 5.41) is 1.12. The second-order valence-electron chi connectivity index (χ2n) is 10.1. The molecule has 3 heterocycles. The van der Waals surface area contributed by atoms with Gasteiger partial charge in [-0.1, -0.05) is 31.1 Å². The van der Waals surface area contributed by atoms with E-state index in [4.69, 9.17) is 4.74 Å². The standard InChI is InChI=1S/C30H39FN4O/c1-36-30-9-5-4-8-29(30)35-20-18-34(19-21-35)15-7-3-2-6-14-33-16-12-24(13-17-33)27-23-32-28-22-25(31)10-11-26(27)28/h4-5,8-12,22-23,32H,2-3,6-7,13-21H2,1H3. The van der Waals surface area contributed by atoms with Gasteiger partial charge in [0.25, 0.3) is 0 Å². The van der Waals surface area contributed by atoms with Crippen molar-refractivity contribution in [3.63, 3.8) is 0 Å². The number of hydrogen-bond donors (Lipinski definition) is 1. The number of H-pyrrole nitrogens is 1. The van der Waals surface area contributed by atoms with E-state index in [1.807, 2.05) is 24.4 Å². The summed E-state index contributed by atoms with van der Waals surface area (Å²) in [5.41, 5.74) is 4.71. The molecule has 0 amide bonds. The van der Waals surface area contributed by atoms with E-state index < -0.39 is 0 Å². The molecule has 1 aromatic heterocycles. The van der Waals surface area contributed by atoms with Gasteiger partial charge in [0.05, 0.1) is 12.8 Å². The van der Waals surface area contributed by atoms with E-state index in [-0.39, 0.29) is 5.82 Å². The number of halogens is 1. The third-order valence-electron chi connectivity index (χ3n) is 7.78. The van der Waals surface area contributed by atoms with Gasteiger partial charge in [0, 0.05) is 61.9 Å². The van der Waals surface area contributed by atoms with Crippen molar-refractivity contribution in [2.24, 2.45) is 0 Å². The van der Waals surface area contributed by atoms with E-state index in [1.165, 1.54) is 55.6 Å². The fourth-order valence-corrected chi connectivity index (χ4v) is 5.65. The highest BCUT2D eigenvalue weighted by atomic mass is 19.1. The molecular formula is C30H39FN4O.